The van der Waals surface area contributed by atoms with Gasteiger partial charge in [-0.3, -0.25) is 0 Å². The molecule has 21 heavy (non-hydrogen) atoms. The van der Waals surface area contributed by atoms with Crippen LogP contribution in [-0.2, 0) is 29.7 Å². The third-order valence-electron chi connectivity index (χ3n) is 3.84. The van der Waals surface area contributed by atoms with Crippen molar-refractivity contribution in [2.24, 2.45) is 0 Å². The fourth-order valence-electron chi connectivity index (χ4n) is 2.44. The molecule has 0 atom stereocenters. The Bertz CT molecular complexity index is 555. The largest absolute Gasteiger partial charge is 0.314 e. The van der Waals surface area contributed by atoms with Crippen molar-refractivity contribution in [3.63, 3.8) is 0 Å². The number of aryl methyl sites for hydroxylation is 1. The van der Waals surface area contributed by atoms with E-state index in [2.05, 4.69) is 19.5 Å². The normalized spacial score (nSPS) is 16.0. The van der Waals surface area contributed by atoms with Gasteiger partial charge in [0, 0.05) is 26.6 Å². The van der Waals surface area contributed by atoms with Crippen molar-refractivity contribution in [1.82, 2.24) is 23.8 Å². The predicted octanol–water partition coefficient (Wildman–Crippen LogP) is 1.07. The molecule has 0 radical (unpaired) electrons. The molecular formula is C13H25N5O2S. The molecule has 1 aromatic rings. The molecule has 0 aromatic carbocycles. The molecule has 0 bridgehead atoms. The summed E-state index contributed by atoms with van der Waals surface area (Å²) in [5, 5.41) is 8.31. The van der Waals surface area contributed by atoms with Gasteiger partial charge in [-0.2, -0.15) is 17.4 Å². The van der Waals surface area contributed by atoms with Gasteiger partial charge in [0.1, 0.15) is 11.6 Å². The highest BCUT2D eigenvalue weighted by Crippen LogP contribution is 2.14. The average molecular weight is 315 g/mol. The zero-order valence-corrected chi connectivity index (χ0v) is 13.7. The lowest BCUT2D eigenvalue weighted by atomic mass is 10.2. The lowest BCUT2D eigenvalue weighted by molar-refractivity contribution is 0.446. The van der Waals surface area contributed by atoms with Gasteiger partial charge in [0.15, 0.2) is 0 Å². The van der Waals surface area contributed by atoms with E-state index in [4.69, 9.17) is 0 Å². The first-order valence-corrected chi connectivity index (χ1v) is 9.10. The second-order valence-corrected chi connectivity index (χ2v) is 7.36. The molecule has 1 aliphatic rings. The van der Waals surface area contributed by atoms with Crippen LogP contribution < -0.4 is 4.72 Å². The summed E-state index contributed by atoms with van der Waals surface area (Å²) in [5.74, 6) is 1.68. The van der Waals surface area contributed by atoms with Crippen LogP contribution >= 0.6 is 0 Å². The summed E-state index contributed by atoms with van der Waals surface area (Å²) in [6.07, 6.45) is 6.17. The van der Waals surface area contributed by atoms with Crippen molar-refractivity contribution in [1.29, 1.82) is 0 Å². The quantitative estimate of drug-likeness (QED) is 0.816. The molecule has 2 heterocycles. The molecule has 1 aliphatic heterocycles. The SMILES string of the molecule is CCCCN(C)S(=O)(=O)NCc1nnc2n1CCCCC2. The van der Waals surface area contributed by atoms with Gasteiger partial charge in [-0.15, -0.1) is 10.2 Å². The minimum absolute atomic E-state index is 0.200. The Balaban J connectivity index is 1.98. The molecular weight excluding hydrogens is 290 g/mol. The standard InChI is InChI=1S/C13H25N5O2S/c1-3-4-9-17(2)21(19,20)14-11-13-16-15-12-8-6-5-7-10-18(12)13/h14H,3-11H2,1-2H3. The van der Waals surface area contributed by atoms with Crippen LogP contribution in [0.15, 0.2) is 0 Å². The number of hydrogen-bond donors (Lipinski definition) is 1. The molecule has 120 valence electrons. The fraction of sp³-hybridized carbons (Fsp3) is 0.846. The van der Waals surface area contributed by atoms with Crippen LogP contribution in [0.3, 0.4) is 0 Å². The van der Waals surface area contributed by atoms with Crippen LogP contribution in [0.5, 0.6) is 0 Å². The summed E-state index contributed by atoms with van der Waals surface area (Å²) in [6.45, 7) is 3.65. The van der Waals surface area contributed by atoms with Crippen LogP contribution in [0.25, 0.3) is 0 Å². The number of unbranched alkanes of at least 4 members (excludes halogenated alkanes) is 1. The number of nitrogens with zero attached hydrogens (tertiary/aromatic N) is 4. The summed E-state index contributed by atoms with van der Waals surface area (Å²) in [6, 6.07) is 0. The highest BCUT2D eigenvalue weighted by atomic mass is 32.2. The van der Waals surface area contributed by atoms with E-state index < -0.39 is 10.2 Å². The molecule has 1 aromatic heterocycles. The molecule has 0 aliphatic carbocycles. The molecule has 0 saturated heterocycles. The maximum Gasteiger partial charge on any atom is 0.279 e. The maximum absolute atomic E-state index is 12.1. The number of fused-ring (bicyclic) bond motifs is 1. The van der Waals surface area contributed by atoms with Crippen molar-refractivity contribution >= 4 is 10.2 Å². The summed E-state index contributed by atoms with van der Waals surface area (Å²) >= 11 is 0. The minimum atomic E-state index is -3.44. The summed E-state index contributed by atoms with van der Waals surface area (Å²) in [5.41, 5.74) is 0. The zero-order chi connectivity index (χ0) is 15.3. The Morgan fingerprint density at radius 3 is 2.86 bits per heavy atom. The van der Waals surface area contributed by atoms with Gasteiger partial charge >= 0.3 is 0 Å². The van der Waals surface area contributed by atoms with Gasteiger partial charge in [-0.1, -0.05) is 19.8 Å². The smallest absolute Gasteiger partial charge is 0.279 e. The van der Waals surface area contributed by atoms with Crippen LogP contribution in [0, 0.1) is 0 Å². The number of hydrogen-bond acceptors (Lipinski definition) is 4. The van der Waals surface area contributed by atoms with Crippen molar-refractivity contribution in [2.45, 2.75) is 58.5 Å². The molecule has 1 N–H and O–H groups in total. The second kappa shape index (κ2) is 7.33. The predicted molar refractivity (Wildman–Crippen MR) is 80.9 cm³/mol. The van der Waals surface area contributed by atoms with Crippen LogP contribution in [0.4, 0.5) is 0 Å². The number of rotatable bonds is 7. The molecule has 7 nitrogen and oxygen atoms in total. The molecule has 0 spiro atoms. The Kier molecular flexibility index (Phi) is 5.72. The topological polar surface area (TPSA) is 80.1 Å². The molecule has 0 fully saturated rings. The fourth-order valence-corrected chi connectivity index (χ4v) is 3.34. The third-order valence-corrected chi connectivity index (χ3v) is 5.35. The number of nitrogens with one attached hydrogen (secondary N) is 1. The van der Waals surface area contributed by atoms with Crippen molar-refractivity contribution in [3.05, 3.63) is 11.6 Å². The van der Waals surface area contributed by atoms with Gasteiger partial charge in [0.25, 0.3) is 10.2 Å². The number of aromatic nitrogens is 3. The maximum atomic E-state index is 12.1. The van der Waals surface area contributed by atoms with Crippen molar-refractivity contribution in [2.75, 3.05) is 13.6 Å². The monoisotopic (exact) mass is 315 g/mol. The summed E-state index contributed by atoms with van der Waals surface area (Å²) in [4.78, 5) is 0. The van der Waals surface area contributed by atoms with E-state index in [1.165, 1.54) is 10.7 Å². The van der Waals surface area contributed by atoms with Crippen LogP contribution in [-0.4, -0.2) is 41.1 Å². The van der Waals surface area contributed by atoms with E-state index in [1.54, 1.807) is 7.05 Å². The Labute approximate surface area is 126 Å². The van der Waals surface area contributed by atoms with E-state index in [-0.39, 0.29) is 6.54 Å². The third kappa shape index (κ3) is 4.24. The lowest BCUT2D eigenvalue weighted by Crippen LogP contribution is -2.38. The molecule has 0 saturated carbocycles. The van der Waals surface area contributed by atoms with Gasteiger partial charge < -0.3 is 4.57 Å². The second-order valence-electron chi connectivity index (χ2n) is 5.50. The van der Waals surface area contributed by atoms with E-state index in [9.17, 15) is 8.42 Å². The highest BCUT2D eigenvalue weighted by molar-refractivity contribution is 7.87. The first-order chi connectivity index (χ1) is 10.0. The molecule has 0 amide bonds. The minimum Gasteiger partial charge on any atom is -0.314 e. The molecule has 2 rings (SSSR count). The van der Waals surface area contributed by atoms with Crippen LogP contribution in [0.2, 0.25) is 0 Å². The average Bonchev–Trinajstić information content (AvgIpc) is 2.69. The van der Waals surface area contributed by atoms with Gasteiger partial charge in [0.05, 0.1) is 6.54 Å². The van der Waals surface area contributed by atoms with E-state index >= 15 is 0 Å². The highest BCUT2D eigenvalue weighted by Gasteiger charge is 2.19. The summed E-state index contributed by atoms with van der Waals surface area (Å²) < 4.78 is 30.3. The Hall–Kier alpha value is -0.990. The van der Waals surface area contributed by atoms with Gasteiger partial charge in [-0.05, 0) is 19.3 Å². The molecule has 0 unspecified atom stereocenters. The van der Waals surface area contributed by atoms with Gasteiger partial charge in [-0.25, -0.2) is 0 Å². The van der Waals surface area contributed by atoms with Crippen molar-refractivity contribution < 1.29 is 8.42 Å². The summed E-state index contributed by atoms with van der Waals surface area (Å²) in [7, 11) is -1.84. The first-order valence-electron chi connectivity index (χ1n) is 7.66. The Morgan fingerprint density at radius 1 is 1.29 bits per heavy atom. The van der Waals surface area contributed by atoms with E-state index in [0.29, 0.717) is 12.4 Å². The van der Waals surface area contributed by atoms with Crippen molar-refractivity contribution in [3.8, 4) is 0 Å². The first kappa shape index (κ1) is 16.4. The van der Waals surface area contributed by atoms with E-state index in [0.717, 1.165) is 44.5 Å². The zero-order valence-electron chi connectivity index (χ0n) is 12.9. The van der Waals surface area contributed by atoms with Crippen LogP contribution in [0.1, 0.15) is 50.7 Å². The van der Waals surface area contributed by atoms with Gasteiger partial charge in [0.2, 0.25) is 0 Å². The lowest BCUT2D eigenvalue weighted by Gasteiger charge is -2.17. The van der Waals surface area contributed by atoms with E-state index in [1.807, 2.05) is 6.92 Å². The molecule has 8 heteroatoms. The Morgan fingerprint density at radius 2 is 2.10 bits per heavy atom.